The van der Waals surface area contributed by atoms with Crippen LogP contribution in [-0.4, -0.2) is 22.6 Å². The van der Waals surface area contributed by atoms with Gasteiger partial charge in [0.05, 0.1) is 11.9 Å². The van der Waals surface area contributed by atoms with Gasteiger partial charge in [-0.1, -0.05) is 24.3 Å². The van der Waals surface area contributed by atoms with Crippen LogP contribution in [0.1, 0.15) is 22.5 Å². The fourth-order valence-electron chi connectivity index (χ4n) is 3.04. The summed E-state index contributed by atoms with van der Waals surface area (Å²) in [6.07, 6.45) is 1.54. The number of aryl methyl sites for hydroxylation is 2. The molecule has 2 N–H and O–H groups in total. The molecule has 7 heteroatoms. The van der Waals surface area contributed by atoms with Crippen LogP contribution in [0, 0.1) is 20.8 Å². The monoisotopic (exact) mass is 452 g/mol. The van der Waals surface area contributed by atoms with E-state index < -0.39 is 11.8 Å². The summed E-state index contributed by atoms with van der Waals surface area (Å²) in [6.45, 7) is 6.04. The van der Waals surface area contributed by atoms with Gasteiger partial charge in [-0.05, 0) is 72.6 Å². The Hall–Kier alpha value is -3.19. The molecule has 3 aromatic rings. The Labute approximate surface area is 177 Å². The van der Waals surface area contributed by atoms with Crippen molar-refractivity contribution in [1.29, 1.82) is 0 Å². The second-order valence-electron chi connectivity index (χ2n) is 6.63. The van der Waals surface area contributed by atoms with E-state index in [0.29, 0.717) is 10.2 Å². The number of hydrogen-bond acceptors (Lipinski definition) is 3. The number of carbonyl (C=O) groups excluding carboxylic acids is 2. The zero-order valence-corrected chi connectivity index (χ0v) is 17.9. The number of anilines is 1. The lowest BCUT2D eigenvalue weighted by atomic mass is 10.2. The van der Waals surface area contributed by atoms with Gasteiger partial charge in [-0.3, -0.25) is 9.59 Å². The van der Waals surface area contributed by atoms with Crippen molar-refractivity contribution in [2.45, 2.75) is 20.8 Å². The minimum Gasteiger partial charge on any atom is -0.318 e. The first-order chi connectivity index (χ1) is 13.9. The summed E-state index contributed by atoms with van der Waals surface area (Å²) >= 11 is 3.32. The fraction of sp³-hybridized carbons (Fsp3) is 0.136. The number of amides is 2. The third-order valence-corrected chi connectivity index (χ3v) is 5.12. The van der Waals surface area contributed by atoms with E-state index in [0.717, 1.165) is 22.6 Å². The molecule has 0 radical (unpaired) electrons. The van der Waals surface area contributed by atoms with Gasteiger partial charge < -0.3 is 9.88 Å². The Morgan fingerprint density at radius 2 is 1.76 bits per heavy atom. The van der Waals surface area contributed by atoms with Crippen molar-refractivity contribution in [1.82, 2.24) is 9.99 Å². The van der Waals surface area contributed by atoms with Gasteiger partial charge in [0.2, 0.25) is 0 Å². The predicted molar refractivity (Wildman–Crippen MR) is 118 cm³/mol. The van der Waals surface area contributed by atoms with E-state index in [4.69, 9.17) is 0 Å². The van der Waals surface area contributed by atoms with Crippen LogP contribution in [-0.2, 0) is 9.59 Å². The van der Waals surface area contributed by atoms with Crippen LogP contribution in [0.25, 0.3) is 5.69 Å². The first-order valence-corrected chi connectivity index (χ1v) is 9.81. The molecule has 0 spiro atoms. The van der Waals surface area contributed by atoms with E-state index >= 15 is 0 Å². The molecular weight excluding hydrogens is 432 g/mol. The highest BCUT2D eigenvalue weighted by Gasteiger charge is 2.14. The molecule has 29 heavy (non-hydrogen) atoms. The van der Waals surface area contributed by atoms with Crippen molar-refractivity contribution < 1.29 is 9.59 Å². The van der Waals surface area contributed by atoms with Crippen LogP contribution in [0.3, 0.4) is 0 Å². The Balaban J connectivity index is 1.69. The Morgan fingerprint density at radius 1 is 1.00 bits per heavy atom. The lowest BCUT2D eigenvalue weighted by molar-refractivity contribution is -0.136. The molecular formula is C22H21BrN4O2. The van der Waals surface area contributed by atoms with E-state index in [1.54, 1.807) is 18.2 Å². The summed E-state index contributed by atoms with van der Waals surface area (Å²) in [5.74, 6) is -1.64. The van der Waals surface area contributed by atoms with Crippen LogP contribution < -0.4 is 10.7 Å². The molecule has 2 aromatic carbocycles. The summed E-state index contributed by atoms with van der Waals surface area (Å²) < 4.78 is 2.81. The lowest BCUT2D eigenvalue weighted by Crippen LogP contribution is -2.32. The zero-order valence-electron chi connectivity index (χ0n) is 16.4. The molecule has 0 fully saturated rings. The molecule has 0 saturated carbocycles. The molecule has 0 bridgehead atoms. The summed E-state index contributed by atoms with van der Waals surface area (Å²) in [5.41, 5.74) is 7.92. The van der Waals surface area contributed by atoms with Crippen molar-refractivity contribution in [2.75, 3.05) is 5.32 Å². The van der Waals surface area contributed by atoms with E-state index in [1.165, 1.54) is 11.8 Å². The Morgan fingerprint density at radius 3 is 2.48 bits per heavy atom. The first kappa shape index (κ1) is 20.5. The number of carbonyl (C=O) groups is 2. The topological polar surface area (TPSA) is 75.5 Å². The summed E-state index contributed by atoms with van der Waals surface area (Å²) in [7, 11) is 0. The normalized spacial score (nSPS) is 10.9. The number of rotatable bonds is 4. The standard InChI is InChI=1S/C22H21BrN4O2/c1-14-7-6-8-18(11-14)27-15(2)12-17(16(27)3)13-24-26-22(29)21(28)25-20-10-5-4-9-19(20)23/h4-13H,1-3H3,(H,25,28)(H,26,29)/b24-13-. The summed E-state index contributed by atoms with van der Waals surface area (Å²) in [6, 6.07) is 17.2. The van der Waals surface area contributed by atoms with Crippen molar-refractivity contribution in [3.8, 4) is 5.69 Å². The number of nitrogens with one attached hydrogen (secondary N) is 2. The first-order valence-electron chi connectivity index (χ1n) is 9.01. The molecule has 1 heterocycles. The zero-order chi connectivity index (χ0) is 21.0. The molecule has 0 saturated heterocycles. The third kappa shape index (κ3) is 4.81. The minimum absolute atomic E-state index is 0.512. The van der Waals surface area contributed by atoms with E-state index in [9.17, 15) is 9.59 Å². The number of para-hydroxylation sites is 1. The third-order valence-electron chi connectivity index (χ3n) is 4.43. The maximum Gasteiger partial charge on any atom is 0.329 e. The molecule has 0 aliphatic carbocycles. The number of hydrazone groups is 1. The van der Waals surface area contributed by atoms with Gasteiger partial charge in [0.1, 0.15) is 0 Å². The van der Waals surface area contributed by atoms with Gasteiger partial charge in [0.25, 0.3) is 0 Å². The highest BCUT2D eigenvalue weighted by atomic mass is 79.9. The van der Waals surface area contributed by atoms with Crippen molar-refractivity contribution >= 4 is 39.6 Å². The highest BCUT2D eigenvalue weighted by Crippen LogP contribution is 2.21. The highest BCUT2D eigenvalue weighted by molar-refractivity contribution is 9.10. The largest absolute Gasteiger partial charge is 0.329 e. The minimum atomic E-state index is -0.843. The molecule has 0 atom stereocenters. The van der Waals surface area contributed by atoms with Gasteiger partial charge in [-0.15, -0.1) is 0 Å². The molecule has 6 nitrogen and oxygen atoms in total. The predicted octanol–water partition coefficient (Wildman–Crippen LogP) is 4.25. The van der Waals surface area contributed by atoms with Crippen molar-refractivity contribution in [3.05, 3.63) is 81.6 Å². The van der Waals surface area contributed by atoms with Crippen LogP contribution in [0.15, 0.2) is 64.2 Å². The maximum atomic E-state index is 12.0. The van der Waals surface area contributed by atoms with Crippen LogP contribution in [0.2, 0.25) is 0 Å². The second-order valence-corrected chi connectivity index (χ2v) is 7.49. The van der Waals surface area contributed by atoms with Gasteiger partial charge in [0, 0.05) is 27.1 Å². The molecule has 0 unspecified atom stereocenters. The average molecular weight is 453 g/mol. The molecule has 148 valence electrons. The lowest BCUT2D eigenvalue weighted by Gasteiger charge is -2.10. The van der Waals surface area contributed by atoms with Crippen LogP contribution >= 0.6 is 15.9 Å². The summed E-state index contributed by atoms with van der Waals surface area (Å²) in [4.78, 5) is 24.0. The average Bonchev–Trinajstić information content (AvgIpc) is 2.97. The fourth-order valence-corrected chi connectivity index (χ4v) is 3.42. The summed E-state index contributed by atoms with van der Waals surface area (Å²) in [5, 5.41) is 6.48. The van der Waals surface area contributed by atoms with Crippen molar-refractivity contribution in [3.63, 3.8) is 0 Å². The van der Waals surface area contributed by atoms with E-state index in [-0.39, 0.29) is 0 Å². The van der Waals surface area contributed by atoms with Gasteiger partial charge in [-0.25, -0.2) is 5.43 Å². The molecule has 2 amide bonds. The number of nitrogens with zero attached hydrogens (tertiary/aromatic N) is 2. The van der Waals surface area contributed by atoms with E-state index in [1.807, 2.05) is 38.1 Å². The van der Waals surface area contributed by atoms with Gasteiger partial charge in [-0.2, -0.15) is 5.10 Å². The Bertz CT molecular complexity index is 1100. The number of aromatic nitrogens is 1. The number of hydrogen-bond donors (Lipinski definition) is 2. The quantitative estimate of drug-likeness (QED) is 0.352. The molecule has 1 aromatic heterocycles. The number of benzene rings is 2. The van der Waals surface area contributed by atoms with Gasteiger partial charge in [0.15, 0.2) is 0 Å². The molecule has 0 aliphatic rings. The maximum absolute atomic E-state index is 12.0. The molecule has 0 aliphatic heterocycles. The van der Waals surface area contributed by atoms with Crippen LogP contribution in [0.4, 0.5) is 5.69 Å². The van der Waals surface area contributed by atoms with Crippen LogP contribution in [0.5, 0.6) is 0 Å². The van der Waals surface area contributed by atoms with E-state index in [2.05, 4.69) is 55.4 Å². The van der Waals surface area contributed by atoms with Gasteiger partial charge >= 0.3 is 11.8 Å². The number of halogens is 1. The smallest absolute Gasteiger partial charge is 0.318 e. The SMILES string of the molecule is Cc1cccc(-n2c(C)cc(/C=N\NC(=O)C(=O)Nc3ccccc3Br)c2C)c1. The van der Waals surface area contributed by atoms with Crippen molar-refractivity contribution in [2.24, 2.45) is 5.10 Å². The Kier molecular flexibility index (Phi) is 6.29. The molecule has 3 rings (SSSR count). The second kappa shape index (κ2) is 8.87.